The van der Waals surface area contributed by atoms with Crippen molar-refractivity contribution >= 4 is 6.01 Å². The molecule has 0 spiro atoms. The quantitative estimate of drug-likeness (QED) is 0.128. The molecule has 0 unspecified atom stereocenters. The Morgan fingerprint density at radius 1 is 0.569 bits per heavy atom. The molecule has 0 aliphatic heterocycles. The fourth-order valence-electron chi connectivity index (χ4n) is 4.87. The van der Waals surface area contributed by atoms with Crippen LogP contribution in [-0.4, -0.2) is 41.0 Å². The molecule has 0 saturated carbocycles. The maximum Gasteiger partial charge on any atom is 0.475 e. The van der Waals surface area contributed by atoms with Crippen molar-refractivity contribution in [3.63, 3.8) is 0 Å². The SMILES string of the molecule is FC(F)(F)c1ccc(Cc2ccccc2-c2nnc(-c3nn[nH]n3)o2)cc1.[C-]#[N+]c1nnc(-c2ccccc2Cc2ccc(C(F)(F)F)cc2)o1. The van der Waals surface area contributed by atoms with Gasteiger partial charge < -0.3 is 13.7 Å². The van der Waals surface area contributed by atoms with E-state index in [2.05, 4.69) is 45.9 Å². The number of tetrazole rings is 1. The first-order valence-corrected chi connectivity index (χ1v) is 14.7. The zero-order chi connectivity index (χ0) is 36.0. The second-order valence-corrected chi connectivity index (χ2v) is 10.7. The average molecular weight is 702 g/mol. The molecule has 0 atom stereocenters. The highest BCUT2D eigenvalue weighted by Gasteiger charge is 2.31. The summed E-state index contributed by atoms with van der Waals surface area (Å²) in [5.74, 6) is 0.762. The van der Waals surface area contributed by atoms with Crippen molar-refractivity contribution in [1.29, 1.82) is 0 Å². The van der Waals surface area contributed by atoms with E-state index in [-0.39, 0.29) is 29.5 Å². The normalized spacial score (nSPS) is 11.5. The average Bonchev–Trinajstić information content (AvgIpc) is 3.92. The van der Waals surface area contributed by atoms with Crippen LogP contribution in [0.3, 0.4) is 0 Å². The van der Waals surface area contributed by atoms with Crippen molar-refractivity contribution in [1.82, 2.24) is 41.0 Å². The zero-order valence-corrected chi connectivity index (χ0v) is 25.8. The number of hydrogen-bond acceptors (Lipinski definition) is 9. The number of halogens is 6. The monoisotopic (exact) mass is 701 g/mol. The highest BCUT2D eigenvalue weighted by Crippen LogP contribution is 2.32. The van der Waals surface area contributed by atoms with Gasteiger partial charge in [0.25, 0.3) is 17.6 Å². The number of nitrogens with zero attached hydrogens (tertiary/aromatic N) is 8. The molecule has 256 valence electrons. The standard InChI is InChI=1S/C17H11F3N6O.C17H10F3N3O/c18-17(19,20)12-7-5-10(6-8-12)9-11-3-1-2-4-13(11)15-23-24-16(27-15)14-21-25-26-22-14;1-21-16-23-22-15(24-16)14-5-3-2-4-12(14)10-11-6-8-13(9-7-11)17(18,19)20/h1-8H,9H2,(H,21,22,25,26);2-9H,10H2. The molecule has 0 aliphatic rings. The number of nitrogens with one attached hydrogen (secondary N) is 1. The molecule has 4 aromatic carbocycles. The van der Waals surface area contributed by atoms with E-state index >= 15 is 0 Å². The van der Waals surface area contributed by atoms with Gasteiger partial charge in [-0.2, -0.15) is 31.6 Å². The van der Waals surface area contributed by atoms with E-state index < -0.39 is 23.5 Å². The van der Waals surface area contributed by atoms with E-state index in [0.29, 0.717) is 24.0 Å². The molecule has 1 N–H and O–H groups in total. The number of hydrogen-bond donors (Lipinski definition) is 1. The van der Waals surface area contributed by atoms with Gasteiger partial charge in [0.05, 0.1) is 11.1 Å². The van der Waals surface area contributed by atoms with Crippen molar-refractivity contribution in [2.75, 3.05) is 0 Å². The summed E-state index contributed by atoms with van der Waals surface area (Å²) >= 11 is 0. The van der Waals surface area contributed by atoms with Gasteiger partial charge in [0.1, 0.15) is 0 Å². The molecule has 7 aromatic rings. The summed E-state index contributed by atoms with van der Waals surface area (Å²) in [6, 6.07) is 24.4. The predicted molar refractivity (Wildman–Crippen MR) is 167 cm³/mol. The van der Waals surface area contributed by atoms with Gasteiger partial charge in [-0.15, -0.1) is 20.4 Å². The molecule has 3 aromatic heterocycles. The summed E-state index contributed by atoms with van der Waals surface area (Å²) in [5, 5.41) is 28.6. The van der Waals surface area contributed by atoms with Gasteiger partial charge in [0.2, 0.25) is 5.89 Å². The van der Waals surface area contributed by atoms with Gasteiger partial charge in [-0.05, 0) is 81.8 Å². The second kappa shape index (κ2) is 14.4. The van der Waals surface area contributed by atoms with Crippen LogP contribution in [0.4, 0.5) is 32.4 Å². The first-order chi connectivity index (χ1) is 24.5. The Balaban J connectivity index is 0.000000177. The van der Waals surface area contributed by atoms with Crippen LogP contribution in [-0.2, 0) is 25.2 Å². The van der Waals surface area contributed by atoms with E-state index in [4.69, 9.17) is 15.4 Å². The van der Waals surface area contributed by atoms with Gasteiger partial charge >= 0.3 is 18.4 Å². The van der Waals surface area contributed by atoms with Gasteiger partial charge in [0.15, 0.2) is 0 Å². The lowest BCUT2D eigenvalue weighted by molar-refractivity contribution is -0.138. The smallest absolute Gasteiger partial charge is 0.444 e. The summed E-state index contributed by atoms with van der Waals surface area (Å²) in [7, 11) is 0. The summed E-state index contributed by atoms with van der Waals surface area (Å²) < 4.78 is 86.8. The summed E-state index contributed by atoms with van der Waals surface area (Å²) in [5.41, 5.74) is 3.07. The molecule has 11 nitrogen and oxygen atoms in total. The number of rotatable bonds is 7. The summed E-state index contributed by atoms with van der Waals surface area (Å²) in [4.78, 5) is 3.07. The minimum atomic E-state index is -4.36. The maximum atomic E-state index is 12.7. The largest absolute Gasteiger partial charge is 0.475 e. The topological polar surface area (TPSA) is 137 Å². The van der Waals surface area contributed by atoms with Crippen LogP contribution in [0, 0.1) is 6.57 Å². The third-order valence-electron chi connectivity index (χ3n) is 7.32. The minimum Gasteiger partial charge on any atom is -0.444 e. The van der Waals surface area contributed by atoms with Crippen LogP contribution in [0.15, 0.2) is 106 Å². The fraction of sp³-hybridized carbons (Fsp3) is 0.118. The molecule has 0 radical (unpaired) electrons. The van der Waals surface area contributed by atoms with Crippen LogP contribution in [0.1, 0.15) is 33.4 Å². The van der Waals surface area contributed by atoms with Gasteiger partial charge in [-0.25, -0.2) is 0 Å². The van der Waals surface area contributed by atoms with Crippen molar-refractivity contribution in [2.24, 2.45) is 0 Å². The van der Waals surface area contributed by atoms with Gasteiger partial charge in [-0.1, -0.05) is 67.2 Å². The number of alkyl halides is 6. The number of aromatic nitrogens is 8. The maximum absolute atomic E-state index is 12.7. The molecular weight excluding hydrogens is 680 g/mol. The number of H-pyrrole nitrogens is 1. The predicted octanol–water partition coefficient (Wildman–Crippen LogP) is 8.42. The molecule has 0 saturated heterocycles. The molecule has 17 heteroatoms. The molecule has 7 rings (SSSR count). The third-order valence-corrected chi connectivity index (χ3v) is 7.32. The van der Waals surface area contributed by atoms with Gasteiger partial charge in [0, 0.05) is 16.2 Å². The van der Waals surface area contributed by atoms with E-state index in [1.165, 1.54) is 24.3 Å². The lowest BCUT2D eigenvalue weighted by atomic mass is 9.99. The Kier molecular flexibility index (Phi) is 9.66. The number of aromatic amines is 1. The zero-order valence-electron chi connectivity index (χ0n) is 25.8. The Labute approximate surface area is 283 Å². The highest BCUT2D eigenvalue weighted by atomic mass is 19.4. The van der Waals surface area contributed by atoms with Crippen molar-refractivity contribution < 1.29 is 35.2 Å². The first-order valence-electron chi connectivity index (χ1n) is 14.7. The lowest BCUT2D eigenvalue weighted by Crippen LogP contribution is -2.04. The molecular formula is C34H21F6N9O2. The van der Waals surface area contributed by atoms with Crippen molar-refractivity contribution in [3.05, 3.63) is 142 Å². The van der Waals surface area contributed by atoms with E-state index in [1.807, 2.05) is 30.3 Å². The van der Waals surface area contributed by atoms with E-state index in [9.17, 15) is 26.3 Å². The van der Waals surface area contributed by atoms with E-state index in [1.54, 1.807) is 18.2 Å². The van der Waals surface area contributed by atoms with Gasteiger partial charge in [-0.3, -0.25) is 0 Å². The lowest BCUT2D eigenvalue weighted by Gasteiger charge is -2.09. The Morgan fingerprint density at radius 2 is 1.04 bits per heavy atom. The summed E-state index contributed by atoms with van der Waals surface area (Å²) in [6.45, 7) is 6.86. The molecule has 51 heavy (non-hydrogen) atoms. The molecule has 0 bridgehead atoms. The Hall–Kier alpha value is -6.70. The number of benzene rings is 4. The van der Waals surface area contributed by atoms with Crippen LogP contribution >= 0.6 is 0 Å². The third kappa shape index (κ3) is 8.31. The van der Waals surface area contributed by atoms with Crippen LogP contribution in [0.2, 0.25) is 0 Å². The minimum absolute atomic E-state index is 0.114. The van der Waals surface area contributed by atoms with Crippen LogP contribution in [0.5, 0.6) is 0 Å². The first kappa shape index (κ1) is 34.2. The Morgan fingerprint density at radius 3 is 1.49 bits per heavy atom. The van der Waals surface area contributed by atoms with Crippen LogP contribution in [0.25, 0.3) is 39.5 Å². The molecule has 0 fully saturated rings. The highest BCUT2D eigenvalue weighted by molar-refractivity contribution is 5.61. The molecule has 0 amide bonds. The summed E-state index contributed by atoms with van der Waals surface area (Å²) in [6.07, 6.45) is -7.89. The van der Waals surface area contributed by atoms with Crippen molar-refractivity contribution in [3.8, 4) is 34.6 Å². The van der Waals surface area contributed by atoms with E-state index in [0.717, 1.165) is 46.5 Å². The Bertz CT molecular complexity index is 2260. The van der Waals surface area contributed by atoms with Crippen LogP contribution < -0.4 is 0 Å². The second-order valence-electron chi connectivity index (χ2n) is 10.7. The molecule has 3 heterocycles. The fourth-order valence-corrected chi connectivity index (χ4v) is 4.87. The molecule has 0 aliphatic carbocycles. The van der Waals surface area contributed by atoms with Crippen molar-refractivity contribution in [2.45, 2.75) is 25.2 Å².